The molecule has 0 N–H and O–H groups in total. The van der Waals surface area contributed by atoms with E-state index >= 15 is 0 Å². The van der Waals surface area contributed by atoms with Gasteiger partial charge in [0.2, 0.25) is 5.95 Å². The SMILES string of the molecule is FCc1cc(F)ncc1OC(F)(F)F. The normalized spacial score (nSPS) is 11.5. The molecule has 0 aliphatic rings. The Morgan fingerprint density at radius 3 is 2.50 bits per heavy atom. The first-order valence-corrected chi connectivity index (χ1v) is 3.38. The number of rotatable bonds is 2. The van der Waals surface area contributed by atoms with Gasteiger partial charge in [-0.3, -0.25) is 0 Å². The molecule has 0 radical (unpaired) electrons. The molecule has 0 aromatic carbocycles. The molecule has 0 saturated carbocycles. The Kier molecular flexibility index (Phi) is 2.87. The van der Waals surface area contributed by atoms with Gasteiger partial charge < -0.3 is 4.74 Å². The minimum atomic E-state index is -4.94. The lowest BCUT2D eigenvalue weighted by atomic mass is 10.3. The molecule has 1 aromatic rings. The van der Waals surface area contributed by atoms with Crippen LogP contribution in [-0.2, 0) is 6.67 Å². The molecular weight excluding hydrogens is 209 g/mol. The molecule has 1 aromatic heterocycles. The van der Waals surface area contributed by atoms with Crippen molar-refractivity contribution in [1.29, 1.82) is 0 Å². The minimum absolute atomic E-state index is 0.484. The topological polar surface area (TPSA) is 22.1 Å². The van der Waals surface area contributed by atoms with E-state index in [0.717, 1.165) is 0 Å². The van der Waals surface area contributed by atoms with Gasteiger partial charge in [0.05, 0.1) is 6.20 Å². The van der Waals surface area contributed by atoms with Crippen LogP contribution in [0, 0.1) is 5.95 Å². The quantitative estimate of drug-likeness (QED) is 0.556. The summed E-state index contributed by atoms with van der Waals surface area (Å²) in [6, 6.07) is 0.543. The van der Waals surface area contributed by atoms with Crippen LogP contribution < -0.4 is 4.74 Å². The molecule has 1 rings (SSSR count). The second-order valence-corrected chi connectivity index (χ2v) is 2.30. The van der Waals surface area contributed by atoms with E-state index in [-0.39, 0.29) is 0 Å². The van der Waals surface area contributed by atoms with E-state index in [0.29, 0.717) is 12.3 Å². The van der Waals surface area contributed by atoms with Gasteiger partial charge in [0.25, 0.3) is 0 Å². The largest absolute Gasteiger partial charge is 0.573 e. The van der Waals surface area contributed by atoms with Crippen LogP contribution in [0.15, 0.2) is 12.3 Å². The Balaban J connectivity index is 2.97. The summed E-state index contributed by atoms with van der Waals surface area (Å²) in [7, 11) is 0. The van der Waals surface area contributed by atoms with Crippen LogP contribution in [0.4, 0.5) is 22.0 Å². The first-order valence-electron chi connectivity index (χ1n) is 3.38. The molecule has 0 bridgehead atoms. The molecule has 0 aliphatic carbocycles. The molecule has 7 heteroatoms. The van der Waals surface area contributed by atoms with Crippen molar-refractivity contribution in [2.24, 2.45) is 0 Å². The summed E-state index contributed by atoms with van der Waals surface area (Å²) >= 11 is 0. The van der Waals surface area contributed by atoms with Crippen LogP contribution >= 0.6 is 0 Å². The standard InChI is InChI=1S/C7H4F5NO/c8-2-4-1-6(9)13-3-5(4)14-7(10,11)12/h1,3H,2H2. The van der Waals surface area contributed by atoms with Crippen molar-refractivity contribution in [3.63, 3.8) is 0 Å². The van der Waals surface area contributed by atoms with Crippen molar-refractivity contribution >= 4 is 0 Å². The van der Waals surface area contributed by atoms with Crippen LogP contribution in [-0.4, -0.2) is 11.3 Å². The van der Waals surface area contributed by atoms with Gasteiger partial charge in [0.15, 0.2) is 5.75 Å². The molecule has 0 atom stereocenters. The fourth-order valence-electron chi connectivity index (χ4n) is 0.776. The lowest BCUT2D eigenvalue weighted by Crippen LogP contribution is -2.18. The number of halogens is 5. The van der Waals surface area contributed by atoms with Gasteiger partial charge in [0, 0.05) is 11.6 Å². The number of aromatic nitrogens is 1. The first-order chi connectivity index (χ1) is 6.42. The van der Waals surface area contributed by atoms with Gasteiger partial charge in [-0.05, 0) is 0 Å². The van der Waals surface area contributed by atoms with E-state index < -0.39 is 30.3 Å². The molecule has 0 fully saturated rings. The molecule has 2 nitrogen and oxygen atoms in total. The summed E-state index contributed by atoms with van der Waals surface area (Å²) in [5, 5.41) is 0. The lowest BCUT2D eigenvalue weighted by molar-refractivity contribution is -0.275. The summed E-state index contributed by atoms with van der Waals surface area (Å²) in [5.74, 6) is -1.89. The maximum absolute atomic E-state index is 12.4. The van der Waals surface area contributed by atoms with Crippen molar-refractivity contribution in [2.75, 3.05) is 0 Å². The zero-order chi connectivity index (χ0) is 10.8. The monoisotopic (exact) mass is 213 g/mol. The highest BCUT2D eigenvalue weighted by atomic mass is 19.4. The van der Waals surface area contributed by atoms with Crippen molar-refractivity contribution in [1.82, 2.24) is 4.98 Å². The molecule has 1 heterocycles. The average molecular weight is 213 g/mol. The minimum Gasteiger partial charge on any atom is -0.404 e. The first kappa shape index (κ1) is 10.7. The fourth-order valence-corrected chi connectivity index (χ4v) is 0.776. The molecule has 0 aliphatic heterocycles. The van der Waals surface area contributed by atoms with Crippen LogP contribution in [0.3, 0.4) is 0 Å². The van der Waals surface area contributed by atoms with Crippen LogP contribution in [0.1, 0.15) is 5.56 Å². The van der Waals surface area contributed by atoms with Gasteiger partial charge in [0.1, 0.15) is 6.67 Å². The number of hydrogen-bond donors (Lipinski definition) is 0. The summed E-state index contributed by atoms with van der Waals surface area (Å²) in [6.07, 6.45) is -4.46. The molecule has 0 spiro atoms. The highest BCUT2D eigenvalue weighted by Gasteiger charge is 2.32. The molecule has 0 unspecified atom stereocenters. The van der Waals surface area contributed by atoms with E-state index in [2.05, 4.69) is 9.72 Å². The van der Waals surface area contributed by atoms with Crippen molar-refractivity contribution in [3.05, 3.63) is 23.8 Å². The predicted octanol–water partition coefficient (Wildman–Crippen LogP) is 2.59. The van der Waals surface area contributed by atoms with Gasteiger partial charge in [-0.1, -0.05) is 0 Å². The van der Waals surface area contributed by atoms with Crippen LogP contribution in [0.2, 0.25) is 0 Å². The summed E-state index contributed by atoms with van der Waals surface area (Å²) < 4.78 is 62.9. The summed E-state index contributed by atoms with van der Waals surface area (Å²) in [4.78, 5) is 2.91. The Morgan fingerprint density at radius 2 is 2.00 bits per heavy atom. The number of pyridine rings is 1. The van der Waals surface area contributed by atoms with Crippen molar-refractivity contribution in [3.8, 4) is 5.75 Å². The van der Waals surface area contributed by atoms with Crippen molar-refractivity contribution in [2.45, 2.75) is 13.0 Å². The predicted molar refractivity (Wildman–Crippen MR) is 35.7 cm³/mol. The lowest BCUT2D eigenvalue weighted by Gasteiger charge is -2.10. The van der Waals surface area contributed by atoms with Crippen LogP contribution in [0.25, 0.3) is 0 Å². The molecule has 14 heavy (non-hydrogen) atoms. The number of alkyl halides is 4. The fraction of sp³-hybridized carbons (Fsp3) is 0.286. The Hall–Kier alpha value is -1.40. The zero-order valence-corrected chi connectivity index (χ0v) is 6.61. The third-order valence-electron chi connectivity index (χ3n) is 1.28. The molecule has 0 saturated heterocycles. The van der Waals surface area contributed by atoms with Crippen molar-refractivity contribution < 1.29 is 26.7 Å². The number of ether oxygens (including phenoxy) is 1. The highest BCUT2D eigenvalue weighted by Crippen LogP contribution is 2.26. The van der Waals surface area contributed by atoms with E-state index in [1.807, 2.05) is 0 Å². The third kappa shape index (κ3) is 2.82. The summed E-state index contributed by atoms with van der Waals surface area (Å²) in [6.45, 7) is -1.26. The van der Waals surface area contributed by atoms with E-state index in [9.17, 15) is 22.0 Å². The number of hydrogen-bond acceptors (Lipinski definition) is 2. The third-order valence-corrected chi connectivity index (χ3v) is 1.28. The summed E-state index contributed by atoms with van der Waals surface area (Å²) in [5.41, 5.74) is -0.533. The average Bonchev–Trinajstić information content (AvgIpc) is 2.06. The molecule has 0 amide bonds. The van der Waals surface area contributed by atoms with Gasteiger partial charge in [-0.2, -0.15) is 4.39 Å². The Labute approximate surface area is 75.3 Å². The van der Waals surface area contributed by atoms with E-state index in [4.69, 9.17) is 0 Å². The van der Waals surface area contributed by atoms with E-state index in [1.165, 1.54) is 0 Å². The Bertz CT molecular complexity index is 324. The maximum Gasteiger partial charge on any atom is 0.573 e. The second kappa shape index (κ2) is 3.77. The smallest absolute Gasteiger partial charge is 0.404 e. The van der Waals surface area contributed by atoms with E-state index in [1.54, 1.807) is 0 Å². The molecule has 78 valence electrons. The van der Waals surface area contributed by atoms with Crippen LogP contribution in [0.5, 0.6) is 5.75 Å². The van der Waals surface area contributed by atoms with Gasteiger partial charge in [-0.25, -0.2) is 9.37 Å². The number of nitrogens with zero attached hydrogens (tertiary/aromatic N) is 1. The Morgan fingerprint density at radius 1 is 1.36 bits per heavy atom. The zero-order valence-electron chi connectivity index (χ0n) is 6.61. The maximum atomic E-state index is 12.4. The molecular formula is C7H4F5NO. The van der Waals surface area contributed by atoms with Gasteiger partial charge in [-0.15, -0.1) is 13.2 Å². The highest BCUT2D eigenvalue weighted by molar-refractivity contribution is 5.29. The van der Waals surface area contributed by atoms with Gasteiger partial charge >= 0.3 is 6.36 Å². The second-order valence-electron chi connectivity index (χ2n) is 2.30.